The normalized spacial score (nSPS) is 13.1. The average molecular weight is 232 g/mol. The summed E-state index contributed by atoms with van der Waals surface area (Å²) >= 11 is 3.15. The van der Waals surface area contributed by atoms with Crippen LogP contribution in [-0.4, -0.2) is 26.8 Å². The van der Waals surface area contributed by atoms with Crippen molar-refractivity contribution >= 4 is 23.3 Å². The van der Waals surface area contributed by atoms with Crippen LogP contribution in [0.15, 0.2) is 4.34 Å². The molecule has 1 aromatic rings. The molecule has 0 saturated carbocycles. The Balaban J connectivity index is 2.35. The summed E-state index contributed by atoms with van der Waals surface area (Å²) in [6.45, 7) is 4.40. The highest BCUT2D eigenvalue weighted by atomic mass is 32.2. The topological polar surface area (TPSA) is 46.0 Å². The maximum Gasteiger partial charge on any atom is 0.170 e. The Morgan fingerprint density at radius 3 is 3.00 bits per heavy atom. The van der Waals surface area contributed by atoms with Crippen LogP contribution >= 0.6 is 23.3 Å². The average Bonchev–Trinajstić information content (AvgIpc) is 2.63. The molecule has 1 N–H and O–H groups in total. The van der Waals surface area contributed by atoms with Gasteiger partial charge < -0.3 is 5.11 Å². The lowest BCUT2D eigenvalue weighted by Crippen LogP contribution is -2.02. The summed E-state index contributed by atoms with van der Waals surface area (Å²) in [6, 6.07) is 0. The van der Waals surface area contributed by atoms with Gasteiger partial charge in [0.05, 0.1) is 0 Å². The molecule has 1 aromatic heterocycles. The van der Waals surface area contributed by atoms with Crippen molar-refractivity contribution in [3.05, 3.63) is 5.82 Å². The Kier molecular flexibility index (Phi) is 5.44. The van der Waals surface area contributed by atoms with Crippen molar-refractivity contribution in [3.63, 3.8) is 0 Å². The van der Waals surface area contributed by atoms with Gasteiger partial charge in [-0.3, -0.25) is 0 Å². The van der Waals surface area contributed by atoms with Crippen LogP contribution in [0.3, 0.4) is 0 Å². The lowest BCUT2D eigenvalue weighted by molar-refractivity contribution is 0.250. The smallest absolute Gasteiger partial charge is 0.170 e. The first kappa shape index (κ1) is 11.9. The van der Waals surface area contributed by atoms with E-state index >= 15 is 0 Å². The largest absolute Gasteiger partial charge is 0.396 e. The molecular formula is C9H16N2OS2. The molecule has 1 atom stereocenters. The minimum Gasteiger partial charge on any atom is -0.396 e. The van der Waals surface area contributed by atoms with Gasteiger partial charge in [0.25, 0.3) is 0 Å². The summed E-state index contributed by atoms with van der Waals surface area (Å²) < 4.78 is 5.28. The van der Waals surface area contributed by atoms with E-state index in [9.17, 15) is 0 Å². The van der Waals surface area contributed by atoms with Crippen LogP contribution < -0.4 is 0 Å². The second-order valence-electron chi connectivity index (χ2n) is 3.33. The summed E-state index contributed by atoms with van der Waals surface area (Å²) in [6.07, 6.45) is 2.06. The lowest BCUT2D eigenvalue weighted by Gasteiger charge is -2.03. The molecule has 0 aliphatic carbocycles. The lowest BCUT2D eigenvalue weighted by atomic mass is 10.2. The van der Waals surface area contributed by atoms with Crippen molar-refractivity contribution in [1.82, 2.24) is 9.36 Å². The molecule has 0 aromatic carbocycles. The Morgan fingerprint density at radius 1 is 1.57 bits per heavy atom. The summed E-state index contributed by atoms with van der Waals surface area (Å²) in [5, 5.41) is 8.86. The first-order valence-electron chi connectivity index (χ1n) is 4.82. The molecule has 1 unspecified atom stereocenters. The second-order valence-corrected chi connectivity index (χ2v) is 5.34. The van der Waals surface area contributed by atoms with Gasteiger partial charge in [-0.1, -0.05) is 25.6 Å². The molecule has 0 saturated heterocycles. The number of rotatable bonds is 6. The summed E-state index contributed by atoms with van der Waals surface area (Å²) in [7, 11) is 0. The monoisotopic (exact) mass is 232 g/mol. The summed E-state index contributed by atoms with van der Waals surface area (Å²) in [4.78, 5) is 4.39. The third kappa shape index (κ3) is 3.94. The highest BCUT2D eigenvalue weighted by molar-refractivity contribution is 8.00. The first-order valence-corrected chi connectivity index (χ1v) is 6.58. The molecular weight excluding hydrogens is 216 g/mol. The SMILES string of the molecule is CCCc1nsc(SCC(C)CO)n1. The van der Waals surface area contributed by atoms with Gasteiger partial charge in [-0.2, -0.15) is 4.37 Å². The third-order valence-corrected chi connectivity index (χ3v) is 3.93. The van der Waals surface area contributed by atoms with Crippen LogP contribution in [0.4, 0.5) is 0 Å². The molecule has 0 aliphatic heterocycles. The second kappa shape index (κ2) is 6.37. The molecule has 0 spiro atoms. The van der Waals surface area contributed by atoms with Gasteiger partial charge >= 0.3 is 0 Å². The van der Waals surface area contributed by atoms with Crippen LogP contribution in [0.2, 0.25) is 0 Å². The Hall–Kier alpha value is -0.130. The van der Waals surface area contributed by atoms with E-state index in [4.69, 9.17) is 5.11 Å². The molecule has 0 bridgehead atoms. The maximum atomic E-state index is 8.86. The van der Waals surface area contributed by atoms with Crippen LogP contribution in [0.25, 0.3) is 0 Å². The highest BCUT2D eigenvalue weighted by Crippen LogP contribution is 2.22. The van der Waals surface area contributed by atoms with Crippen molar-refractivity contribution in [3.8, 4) is 0 Å². The van der Waals surface area contributed by atoms with Crippen LogP contribution in [0.5, 0.6) is 0 Å². The molecule has 5 heteroatoms. The minimum atomic E-state index is 0.244. The Labute approximate surface area is 93.1 Å². The van der Waals surface area contributed by atoms with Crippen LogP contribution in [-0.2, 0) is 6.42 Å². The third-order valence-electron chi connectivity index (χ3n) is 1.73. The van der Waals surface area contributed by atoms with E-state index in [-0.39, 0.29) is 6.61 Å². The fourth-order valence-electron chi connectivity index (χ4n) is 0.888. The van der Waals surface area contributed by atoms with E-state index in [2.05, 4.69) is 16.3 Å². The number of aliphatic hydroxyl groups excluding tert-OH is 1. The van der Waals surface area contributed by atoms with Gasteiger partial charge in [-0.15, -0.1) is 0 Å². The van der Waals surface area contributed by atoms with Crippen molar-refractivity contribution in [1.29, 1.82) is 0 Å². The number of aromatic nitrogens is 2. The summed E-state index contributed by atoms with van der Waals surface area (Å²) in [5.74, 6) is 2.20. The molecule has 0 aliphatic rings. The van der Waals surface area contributed by atoms with Crippen molar-refractivity contribution in [2.45, 2.75) is 31.0 Å². The fraction of sp³-hybridized carbons (Fsp3) is 0.778. The van der Waals surface area contributed by atoms with E-state index in [0.29, 0.717) is 5.92 Å². The van der Waals surface area contributed by atoms with Gasteiger partial charge in [-0.05, 0) is 23.9 Å². The minimum absolute atomic E-state index is 0.244. The molecule has 0 radical (unpaired) electrons. The zero-order valence-electron chi connectivity index (χ0n) is 8.56. The zero-order chi connectivity index (χ0) is 10.4. The van der Waals surface area contributed by atoms with Gasteiger partial charge in [0, 0.05) is 18.8 Å². The van der Waals surface area contributed by atoms with Gasteiger partial charge in [0.2, 0.25) is 0 Å². The molecule has 0 fully saturated rings. The predicted molar refractivity (Wildman–Crippen MR) is 60.9 cm³/mol. The zero-order valence-corrected chi connectivity index (χ0v) is 10.2. The van der Waals surface area contributed by atoms with Crippen LogP contribution in [0, 0.1) is 5.92 Å². The molecule has 1 rings (SSSR count). The van der Waals surface area contributed by atoms with Crippen molar-refractivity contribution in [2.24, 2.45) is 5.92 Å². The number of hydrogen-bond acceptors (Lipinski definition) is 5. The van der Waals surface area contributed by atoms with Gasteiger partial charge in [0.15, 0.2) is 4.34 Å². The number of aliphatic hydroxyl groups is 1. The van der Waals surface area contributed by atoms with Crippen molar-refractivity contribution in [2.75, 3.05) is 12.4 Å². The standard InChI is InChI=1S/C9H16N2OS2/c1-3-4-8-10-9(14-11-8)13-6-7(2)5-12/h7,12H,3-6H2,1-2H3. The summed E-state index contributed by atoms with van der Waals surface area (Å²) in [5.41, 5.74) is 0. The fourth-order valence-corrected chi connectivity index (χ4v) is 2.58. The quantitative estimate of drug-likeness (QED) is 0.764. The first-order chi connectivity index (χ1) is 6.76. The molecule has 3 nitrogen and oxygen atoms in total. The Bertz CT molecular complexity index is 265. The number of hydrogen-bond donors (Lipinski definition) is 1. The molecule has 0 amide bonds. The van der Waals surface area contributed by atoms with Gasteiger partial charge in [-0.25, -0.2) is 4.98 Å². The van der Waals surface area contributed by atoms with E-state index in [1.54, 1.807) is 11.8 Å². The number of nitrogens with zero attached hydrogens (tertiary/aromatic N) is 2. The Morgan fingerprint density at radius 2 is 2.36 bits per heavy atom. The van der Waals surface area contributed by atoms with E-state index in [0.717, 1.165) is 28.8 Å². The number of aryl methyl sites for hydroxylation is 1. The van der Waals surface area contributed by atoms with E-state index in [1.807, 2.05) is 6.92 Å². The number of thioether (sulfide) groups is 1. The molecule has 14 heavy (non-hydrogen) atoms. The van der Waals surface area contributed by atoms with Gasteiger partial charge in [0.1, 0.15) is 5.82 Å². The maximum absolute atomic E-state index is 8.86. The van der Waals surface area contributed by atoms with Crippen molar-refractivity contribution < 1.29 is 5.11 Å². The highest BCUT2D eigenvalue weighted by Gasteiger charge is 2.06. The van der Waals surface area contributed by atoms with E-state index < -0.39 is 0 Å². The van der Waals surface area contributed by atoms with Crippen LogP contribution in [0.1, 0.15) is 26.1 Å². The van der Waals surface area contributed by atoms with E-state index in [1.165, 1.54) is 11.5 Å². The predicted octanol–water partition coefficient (Wildman–Crippen LogP) is 2.21. The molecule has 80 valence electrons. The molecule has 1 heterocycles.